The number of hydrogen-bond acceptors (Lipinski definition) is 12. The minimum atomic E-state index is -0.552. The van der Waals surface area contributed by atoms with Crippen molar-refractivity contribution in [3.8, 4) is 17.0 Å². The fourth-order valence-electron chi connectivity index (χ4n) is 8.21. The molecule has 5 N–H and O–H groups in total. The second-order valence-corrected chi connectivity index (χ2v) is 17.1. The molecule has 3 aromatic heterocycles. The highest BCUT2D eigenvalue weighted by Crippen LogP contribution is 2.39. The fourth-order valence-corrected chi connectivity index (χ4v) is 8.21. The topological polar surface area (TPSA) is 196 Å². The Morgan fingerprint density at radius 2 is 1.79 bits per heavy atom. The number of piperidine rings is 1. The molecule has 3 aromatic carbocycles. The van der Waals surface area contributed by atoms with Crippen molar-refractivity contribution in [2.24, 2.45) is 5.92 Å². The molecule has 5 heterocycles. The van der Waals surface area contributed by atoms with Crippen LogP contribution in [0, 0.1) is 18.7 Å². The van der Waals surface area contributed by atoms with Crippen molar-refractivity contribution in [1.82, 2.24) is 41.0 Å². The number of aromatic nitrogens is 5. The van der Waals surface area contributed by atoms with E-state index in [-0.39, 0.29) is 23.2 Å². The summed E-state index contributed by atoms with van der Waals surface area (Å²) in [4.78, 5) is 57.3. The highest BCUT2D eigenvalue weighted by molar-refractivity contribution is 6.13. The van der Waals surface area contributed by atoms with Crippen molar-refractivity contribution >= 4 is 56.8 Å². The smallest absolute Gasteiger partial charge is 0.328 e. The van der Waals surface area contributed by atoms with Crippen molar-refractivity contribution in [3.63, 3.8) is 0 Å². The number of anilines is 3. The zero-order chi connectivity index (χ0) is 43.7. The third-order valence-electron chi connectivity index (χ3n) is 11.7. The van der Waals surface area contributed by atoms with Crippen LogP contribution in [-0.2, 0) is 10.2 Å². The zero-order valence-corrected chi connectivity index (χ0v) is 35.8. The van der Waals surface area contributed by atoms with Gasteiger partial charge in [0.2, 0.25) is 5.91 Å². The Balaban J connectivity index is 0.872. The van der Waals surface area contributed by atoms with Crippen molar-refractivity contribution in [1.29, 1.82) is 0 Å². The predicted octanol–water partition coefficient (Wildman–Crippen LogP) is 6.77. The molecule has 16 nitrogen and oxygen atoms in total. The molecule has 2 aliphatic rings. The number of rotatable bonds is 13. The Hall–Kier alpha value is -6.62. The first-order valence-corrected chi connectivity index (χ1v) is 21.0. The molecule has 0 unspecified atom stereocenters. The summed E-state index contributed by atoms with van der Waals surface area (Å²) in [6, 6.07) is 14.1. The van der Waals surface area contributed by atoms with E-state index in [9.17, 15) is 14.4 Å². The van der Waals surface area contributed by atoms with Gasteiger partial charge in [0.25, 0.3) is 0 Å². The van der Waals surface area contributed by atoms with Crippen LogP contribution in [0.25, 0.3) is 33.2 Å². The summed E-state index contributed by atoms with van der Waals surface area (Å²) < 4.78 is 27.2. The SMILES string of the molecule is COc1cc2c(cc1NCCNCC1CCN(c3ccc(N4CCC(=O)NC4=O)cc3)CC1)[nH]c1ncnc(-c3cc(C)c([C@@H](C)NC(=O)c4nc(C(C)(C)C)no4)cc3F)c12. The van der Waals surface area contributed by atoms with Crippen LogP contribution in [0.1, 0.15) is 80.6 Å². The number of urea groups is 1. The van der Waals surface area contributed by atoms with Crippen molar-refractivity contribution < 1.29 is 28.0 Å². The van der Waals surface area contributed by atoms with E-state index in [1.165, 1.54) is 12.4 Å². The molecule has 0 bridgehead atoms. The lowest BCUT2D eigenvalue weighted by Gasteiger charge is -2.34. The van der Waals surface area contributed by atoms with Gasteiger partial charge in [0.1, 0.15) is 23.5 Å². The summed E-state index contributed by atoms with van der Waals surface area (Å²) in [6.45, 7) is 14.1. The number of carbonyl (C=O) groups is 3. The van der Waals surface area contributed by atoms with Crippen LogP contribution < -0.4 is 35.8 Å². The van der Waals surface area contributed by atoms with Gasteiger partial charge in [0.15, 0.2) is 5.82 Å². The molecule has 1 atom stereocenters. The van der Waals surface area contributed by atoms with Crippen LogP contribution in [0.3, 0.4) is 0 Å². The number of imide groups is 1. The first kappa shape index (κ1) is 42.1. The molecule has 8 rings (SSSR count). The van der Waals surface area contributed by atoms with E-state index in [1.807, 2.05) is 64.1 Å². The first-order valence-electron chi connectivity index (χ1n) is 21.0. The van der Waals surface area contributed by atoms with Crippen LogP contribution in [0.2, 0.25) is 0 Å². The van der Waals surface area contributed by atoms with E-state index in [4.69, 9.17) is 9.26 Å². The molecule has 2 aliphatic heterocycles. The summed E-state index contributed by atoms with van der Waals surface area (Å²) in [6.07, 6.45) is 3.86. The summed E-state index contributed by atoms with van der Waals surface area (Å²) in [5, 5.41) is 17.7. The number of aryl methyl sites for hydroxylation is 1. The van der Waals surface area contributed by atoms with E-state index in [0.29, 0.717) is 64.9 Å². The molecule has 0 aliphatic carbocycles. The highest BCUT2D eigenvalue weighted by Gasteiger charge is 2.27. The second kappa shape index (κ2) is 17.4. The number of ether oxygens (including phenoxy) is 1. The van der Waals surface area contributed by atoms with Gasteiger partial charge in [-0.2, -0.15) is 4.98 Å². The average Bonchev–Trinajstić information content (AvgIpc) is 3.90. The molecule has 0 spiro atoms. The number of H-pyrrole nitrogens is 1. The van der Waals surface area contributed by atoms with Gasteiger partial charge in [-0.3, -0.25) is 19.8 Å². The molecule has 324 valence electrons. The lowest BCUT2D eigenvalue weighted by Crippen LogP contribution is -2.49. The summed E-state index contributed by atoms with van der Waals surface area (Å²) >= 11 is 0. The third kappa shape index (κ3) is 8.75. The minimum Gasteiger partial charge on any atom is -0.495 e. The van der Waals surface area contributed by atoms with Gasteiger partial charge < -0.3 is 35.1 Å². The van der Waals surface area contributed by atoms with Crippen LogP contribution in [0.5, 0.6) is 5.75 Å². The van der Waals surface area contributed by atoms with Crippen LogP contribution >= 0.6 is 0 Å². The van der Waals surface area contributed by atoms with E-state index in [1.54, 1.807) is 25.0 Å². The minimum absolute atomic E-state index is 0.150. The number of benzene rings is 3. The van der Waals surface area contributed by atoms with Gasteiger partial charge >= 0.3 is 17.8 Å². The number of nitrogens with one attached hydrogen (secondary N) is 5. The van der Waals surface area contributed by atoms with Crippen LogP contribution in [0.15, 0.2) is 59.4 Å². The molecule has 2 fully saturated rings. The largest absolute Gasteiger partial charge is 0.495 e. The van der Waals surface area contributed by atoms with Gasteiger partial charge in [0, 0.05) is 66.9 Å². The van der Waals surface area contributed by atoms with Gasteiger partial charge in [-0.05, 0) is 98.8 Å². The Morgan fingerprint density at radius 1 is 1.03 bits per heavy atom. The molecule has 0 radical (unpaired) electrons. The maximum atomic E-state index is 16.1. The number of carbonyl (C=O) groups excluding carboxylic acids is 3. The fraction of sp³-hybridized carbons (Fsp3) is 0.400. The quantitative estimate of drug-likeness (QED) is 0.0767. The molecular formula is C45H52FN11O5. The maximum Gasteiger partial charge on any atom is 0.328 e. The second-order valence-electron chi connectivity index (χ2n) is 17.1. The van der Waals surface area contributed by atoms with Gasteiger partial charge in [0.05, 0.1) is 35.4 Å². The number of halogens is 1. The van der Waals surface area contributed by atoms with Gasteiger partial charge in [-0.15, -0.1) is 0 Å². The van der Waals surface area contributed by atoms with E-state index >= 15 is 4.39 Å². The Kier molecular flexibility index (Phi) is 11.8. The highest BCUT2D eigenvalue weighted by atomic mass is 19.1. The van der Waals surface area contributed by atoms with Crippen LogP contribution in [0.4, 0.5) is 26.2 Å². The van der Waals surface area contributed by atoms with Crippen molar-refractivity contribution in [3.05, 3.63) is 83.5 Å². The summed E-state index contributed by atoms with van der Waals surface area (Å²) in [5.74, 6) is 0.196. The lowest BCUT2D eigenvalue weighted by atomic mass is 9.96. The van der Waals surface area contributed by atoms with Gasteiger partial charge in [-0.25, -0.2) is 19.2 Å². The number of aromatic amines is 1. The molecule has 6 aromatic rings. The van der Waals surface area contributed by atoms with E-state index < -0.39 is 17.8 Å². The first-order chi connectivity index (χ1) is 29.8. The van der Waals surface area contributed by atoms with Crippen molar-refractivity contribution in [2.45, 2.75) is 65.3 Å². The van der Waals surface area contributed by atoms with E-state index in [0.717, 1.165) is 72.5 Å². The number of fused-ring (bicyclic) bond motifs is 3. The standard InChI is InChI=1S/C45H52FN11O5/c1-25-19-31(33(46)20-30(25)26(2)51-41(59)42-54-43(55-62-42)45(3,4)5)39-38-32-21-36(61-6)35(22-34(32)52-40(38)50-24-49-39)48-15-14-47-23-27-11-16-56(17-12-27)28-7-9-29(10-8-28)57-18-13-37(58)53-44(57)60/h7-10,19-22,24,26-27,47-48H,11-18,23H2,1-6H3,(H,51,59)(H,49,50,52)(H,53,58,60)/t26-/m1/s1. The average molecular weight is 846 g/mol. The Bertz CT molecular complexity index is 2630. The monoisotopic (exact) mass is 845 g/mol. The molecule has 17 heteroatoms. The molecule has 4 amide bonds. The van der Waals surface area contributed by atoms with Gasteiger partial charge in [-0.1, -0.05) is 25.9 Å². The normalized spacial score (nSPS) is 15.6. The number of amides is 4. The summed E-state index contributed by atoms with van der Waals surface area (Å²) in [5.41, 5.74) is 5.81. The Labute approximate surface area is 358 Å². The molecule has 2 saturated heterocycles. The maximum absolute atomic E-state index is 16.1. The number of hydrogen-bond donors (Lipinski definition) is 5. The summed E-state index contributed by atoms with van der Waals surface area (Å²) in [7, 11) is 1.62. The van der Waals surface area contributed by atoms with Crippen molar-refractivity contribution in [2.75, 3.05) is 61.5 Å². The molecular weight excluding hydrogens is 794 g/mol. The van der Waals surface area contributed by atoms with E-state index in [2.05, 4.69) is 51.3 Å². The lowest BCUT2D eigenvalue weighted by molar-refractivity contribution is -0.120. The number of methoxy groups -OCH3 is 1. The zero-order valence-electron chi connectivity index (χ0n) is 35.8. The predicted molar refractivity (Wildman–Crippen MR) is 235 cm³/mol. The molecule has 62 heavy (non-hydrogen) atoms. The Morgan fingerprint density at radius 3 is 2.50 bits per heavy atom. The molecule has 0 saturated carbocycles. The van der Waals surface area contributed by atoms with Crippen LogP contribution in [-0.4, -0.2) is 89.3 Å². The third-order valence-corrected chi connectivity index (χ3v) is 11.7. The number of nitrogens with zero attached hydrogens (tertiary/aromatic N) is 6.